The number of nitrogens with one attached hydrogen (secondary N) is 1. The van der Waals surface area contributed by atoms with Crippen molar-refractivity contribution >= 4 is 33.1 Å². The third-order valence-electron chi connectivity index (χ3n) is 4.93. The molecule has 0 saturated carbocycles. The van der Waals surface area contributed by atoms with E-state index in [9.17, 15) is 19.7 Å². The van der Waals surface area contributed by atoms with Crippen molar-refractivity contribution in [2.45, 2.75) is 33.1 Å². The molecule has 0 spiro atoms. The maximum absolute atomic E-state index is 13.1. The summed E-state index contributed by atoms with van der Waals surface area (Å²) in [5, 5.41) is 15.5. The van der Waals surface area contributed by atoms with Crippen LogP contribution >= 0.6 is 11.3 Å². The summed E-state index contributed by atoms with van der Waals surface area (Å²) in [6, 6.07) is 0. The third-order valence-corrected chi connectivity index (χ3v) is 6.08. The van der Waals surface area contributed by atoms with E-state index in [4.69, 9.17) is 0 Å². The van der Waals surface area contributed by atoms with Crippen molar-refractivity contribution < 1.29 is 9.72 Å². The van der Waals surface area contributed by atoms with Crippen molar-refractivity contribution in [2.75, 3.05) is 5.43 Å². The molecular weight excluding hydrogens is 384 g/mol. The molecule has 10 nitrogen and oxygen atoms in total. The van der Waals surface area contributed by atoms with E-state index in [0.717, 1.165) is 35.7 Å². The second-order valence-corrected chi connectivity index (χ2v) is 8.15. The molecule has 0 aliphatic heterocycles. The van der Waals surface area contributed by atoms with E-state index in [1.54, 1.807) is 6.92 Å². The fraction of sp³-hybridized carbons (Fsp3) is 0.412. The average molecular weight is 402 g/mol. The maximum atomic E-state index is 13.1. The summed E-state index contributed by atoms with van der Waals surface area (Å²) in [5.74, 6) is 0.0285. The van der Waals surface area contributed by atoms with Gasteiger partial charge in [-0.3, -0.25) is 29.8 Å². The topological polar surface area (TPSA) is 125 Å². The van der Waals surface area contributed by atoms with Gasteiger partial charge in [-0.1, -0.05) is 6.92 Å². The first kappa shape index (κ1) is 18.3. The number of rotatable bonds is 3. The van der Waals surface area contributed by atoms with Crippen molar-refractivity contribution in [1.82, 2.24) is 19.4 Å². The van der Waals surface area contributed by atoms with Gasteiger partial charge >= 0.3 is 5.69 Å². The van der Waals surface area contributed by atoms with Crippen molar-refractivity contribution in [1.29, 1.82) is 0 Å². The molecule has 0 radical (unpaired) electrons. The van der Waals surface area contributed by atoms with Gasteiger partial charge in [-0.2, -0.15) is 5.10 Å². The number of nitrogens with zero attached hydrogens (tertiary/aromatic N) is 5. The summed E-state index contributed by atoms with van der Waals surface area (Å²) in [6.07, 6.45) is 3.86. The second-order valence-electron chi connectivity index (χ2n) is 7.07. The van der Waals surface area contributed by atoms with Gasteiger partial charge in [0.1, 0.15) is 16.9 Å². The van der Waals surface area contributed by atoms with Crippen LogP contribution in [0.2, 0.25) is 0 Å². The number of hydrogen-bond acceptors (Lipinski definition) is 7. The number of fused-ring (bicyclic) bond motifs is 3. The number of aryl methyl sites for hydroxylation is 3. The lowest BCUT2D eigenvalue weighted by molar-refractivity contribution is -0.385. The van der Waals surface area contributed by atoms with Crippen molar-refractivity contribution in [3.05, 3.63) is 48.6 Å². The van der Waals surface area contributed by atoms with E-state index in [1.165, 1.54) is 27.9 Å². The van der Waals surface area contributed by atoms with Crippen LogP contribution in [0, 0.1) is 23.0 Å². The third kappa shape index (κ3) is 2.87. The van der Waals surface area contributed by atoms with Gasteiger partial charge < -0.3 is 0 Å². The summed E-state index contributed by atoms with van der Waals surface area (Å²) in [4.78, 5) is 42.5. The molecule has 0 saturated heterocycles. The Balaban J connectivity index is 1.78. The monoisotopic (exact) mass is 402 g/mol. The van der Waals surface area contributed by atoms with Gasteiger partial charge in [0.15, 0.2) is 0 Å². The number of carbonyl (C=O) groups is 1. The summed E-state index contributed by atoms with van der Waals surface area (Å²) in [7, 11) is 1.48. The molecule has 3 heterocycles. The first-order chi connectivity index (χ1) is 13.3. The second kappa shape index (κ2) is 6.51. The normalized spacial score (nSPS) is 16.2. The fourth-order valence-electron chi connectivity index (χ4n) is 3.55. The van der Waals surface area contributed by atoms with Crippen LogP contribution in [0.15, 0.2) is 11.0 Å². The smallest absolute Gasteiger partial charge is 0.268 e. The number of aromatic nitrogens is 4. The molecule has 0 fully saturated rings. The van der Waals surface area contributed by atoms with Crippen LogP contribution in [0.5, 0.6) is 0 Å². The zero-order chi connectivity index (χ0) is 20.2. The highest BCUT2D eigenvalue weighted by atomic mass is 32.1. The van der Waals surface area contributed by atoms with Crippen LogP contribution in [0.1, 0.15) is 40.1 Å². The fourth-order valence-corrected chi connectivity index (χ4v) is 4.97. The molecule has 4 rings (SSSR count). The van der Waals surface area contributed by atoms with Gasteiger partial charge in [-0.25, -0.2) is 9.66 Å². The Morgan fingerprint density at radius 2 is 2.21 bits per heavy atom. The van der Waals surface area contributed by atoms with E-state index in [1.807, 2.05) is 0 Å². The lowest BCUT2D eigenvalue weighted by atomic mass is 9.89. The Bertz CT molecular complexity index is 1190. The molecule has 3 aromatic heterocycles. The first-order valence-corrected chi connectivity index (χ1v) is 9.61. The highest BCUT2D eigenvalue weighted by Crippen LogP contribution is 2.35. The lowest BCUT2D eigenvalue weighted by Crippen LogP contribution is -2.36. The highest BCUT2D eigenvalue weighted by molar-refractivity contribution is 7.18. The minimum atomic E-state index is -0.837. The van der Waals surface area contributed by atoms with Gasteiger partial charge in [0.05, 0.1) is 10.3 Å². The Kier molecular flexibility index (Phi) is 4.26. The van der Waals surface area contributed by atoms with Crippen LogP contribution in [-0.4, -0.2) is 30.3 Å². The van der Waals surface area contributed by atoms with Crippen molar-refractivity contribution in [3.8, 4) is 0 Å². The number of amides is 1. The molecule has 1 N–H and O–H groups in total. The van der Waals surface area contributed by atoms with Crippen LogP contribution in [0.4, 0.5) is 5.69 Å². The molecule has 146 valence electrons. The molecule has 1 aliphatic carbocycles. The minimum Gasteiger partial charge on any atom is -0.268 e. The van der Waals surface area contributed by atoms with Crippen molar-refractivity contribution in [2.24, 2.45) is 13.0 Å². The Hall–Kier alpha value is -3.08. The number of carbonyl (C=O) groups excluding carboxylic acids is 1. The van der Waals surface area contributed by atoms with E-state index in [0.29, 0.717) is 22.0 Å². The largest absolute Gasteiger partial charge is 0.320 e. The van der Waals surface area contributed by atoms with E-state index in [-0.39, 0.29) is 11.3 Å². The van der Waals surface area contributed by atoms with Crippen molar-refractivity contribution in [3.63, 3.8) is 0 Å². The molecule has 1 aliphatic rings. The van der Waals surface area contributed by atoms with Crippen LogP contribution in [0.25, 0.3) is 10.2 Å². The first-order valence-electron chi connectivity index (χ1n) is 8.79. The molecule has 1 atom stereocenters. The molecule has 0 aromatic carbocycles. The molecule has 1 amide bonds. The minimum absolute atomic E-state index is 0.302. The summed E-state index contributed by atoms with van der Waals surface area (Å²) >= 11 is 1.52. The van der Waals surface area contributed by atoms with E-state index < -0.39 is 16.5 Å². The zero-order valence-corrected chi connectivity index (χ0v) is 16.4. The maximum Gasteiger partial charge on any atom is 0.320 e. The molecule has 3 aromatic rings. The number of nitro groups is 1. The van der Waals surface area contributed by atoms with Crippen LogP contribution < -0.4 is 11.0 Å². The van der Waals surface area contributed by atoms with E-state index >= 15 is 0 Å². The molecule has 11 heteroatoms. The highest BCUT2D eigenvalue weighted by Gasteiger charge is 2.28. The van der Waals surface area contributed by atoms with Crippen LogP contribution in [0.3, 0.4) is 0 Å². The quantitative estimate of drug-likeness (QED) is 0.527. The Labute approximate surface area is 162 Å². The van der Waals surface area contributed by atoms with Gasteiger partial charge in [-0.15, -0.1) is 11.3 Å². The lowest BCUT2D eigenvalue weighted by Gasteiger charge is -2.17. The average Bonchev–Trinajstić information content (AvgIpc) is 3.18. The van der Waals surface area contributed by atoms with Gasteiger partial charge in [0, 0.05) is 11.9 Å². The molecule has 0 bridgehead atoms. The molecule has 28 heavy (non-hydrogen) atoms. The molecular formula is C17H18N6O4S. The predicted octanol–water partition coefficient (Wildman–Crippen LogP) is 1.92. The van der Waals surface area contributed by atoms with E-state index in [2.05, 4.69) is 22.4 Å². The number of hydrogen-bond donors (Lipinski definition) is 1. The van der Waals surface area contributed by atoms with Gasteiger partial charge in [0.2, 0.25) is 5.69 Å². The van der Waals surface area contributed by atoms with Crippen LogP contribution in [-0.2, 0) is 19.9 Å². The summed E-state index contributed by atoms with van der Waals surface area (Å²) in [6.45, 7) is 3.79. The Morgan fingerprint density at radius 3 is 2.93 bits per heavy atom. The SMILES string of the molecule is Cc1nc2sc3c(c2c(=O)n1NC(=O)c1nn(C)cc1[N+](=O)[O-])CC[C@@H](C)C3. The molecule has 0 unspecified atom stereocenters. The zero-order valence-electron chi connectivity index (χ0n) is 15.6. The summed E-state index contributed by atoms with van der Waals surface area (Å²) < 4.78 is 2.23. The number of thiophene rings is 1. The van der Waals surface area contributed by atoms with Gasteiger partial charge in [-0.05, 0) is 37.7 Å². The summed E-state index contributed by atoms with van der Waals surface area (Å²) in [5.41, 5.74) is 2.27. The van der Waals surface area contributed by atoms with Gasteiger partial charge in [0.25, 0.3) is 11.5 Å². The Morgan fingerprint density at radius 1 is 1.46 bits per heavy atom. The standard InChI is InChI=1S/C17H18N6O4S/c1-8-4-5-10-12(6-8)28-16-13(10)17(25)22(9(2)18-16)20-15(24)14-11(23(26)27)7-21(3)19-14/h7-8H,4-6H2,1-3H3,(H,20,24)/t8-/m1/s1. The predicted molar refractivity (Wildman–Crippen MR) is 103 cm³/mol.